The van der Waals surface area contributed by atoms with Crippen LogP contribution in [0.3, 0.4) is 0 Å². The van der Waals surface area contributed by atoms with Gasteiger partial charge in [-0.2, -0.15) is 8.42 Å². The third-order valence-corrected chi connectivity index (χ3v) is 2.64. The molecule has 0 aliphatic heterocycles. The Bertz CT molecular complexity index is 366. The molecule has 9 heteroatoms. The van der Waals surface area contributed by atoms with Gasteiger partial charge in [0.1, 0.15) is 0 Å². The second-order valence-electron chi connectivity index (χ2n) is 3.47. The minimum atomic E-state index is -4.05. The largest absolute Gasteiger partial charge is 0.481 e. The molecule has 0 aromatic rings. The second-order valence-corrected chi connectivity index (χ2v) is 5.04. The van der Waals surface area contributed by atoms with Gasteiger partial charge in [-0.1, -0.05) is 0 Å². The van der Waals surface area contributed by atoms with Crippen molar-refractivity contribution in [3.8, 4) is 0 Å². The summed E-state index contributed by atoms with van der Waals surface area (Å²) in [4.78, 5) is 21.5. The number of nitrogens with two attached hydrogens (primary N) is 1. The van der Waals surface area contributed by atoms with E-state index in [0.717, 1.165) is 0 Å². The molecule has 0 aliphatic carbocycles. The molecule has 0 aromatic carbocycles. The average Bonchev–Trinajstić information content (AvgIpc) is 2.19. The molecule has 0 aromatic heterocycles. The highest BCUT2D eigenvalue weighted by Crippen LogP contribution is 1.95. The van der Waals surface area contributed by atoms with Gasteiger partial charge in [-0.05, 0) is 6.42 Å². The van der Waals surface area contributed by atoms with Crippen molar-refractivity contribution in [2.24, 2.45) is 5.73 Å². The van der Waals surface area contributed by atoms with Crippen LogP contribution in [0.2, 0.25) is 0 Å². The highest BCUT2D eigenvalue weighted by molar-refractivity contribution is 7.85. The molecule has 0 saturated carbocycles. The number of carboxylic acids is 1. The van der Waals surface area contributed by atoms with Gasteiger partial charge in [-0.3, -0.25) is 14.1 Å². The quantitative estimate of drug-likeness (QED) is 0.283. The second kappa shape index (κ2) is 7.33. The molecule has 100 valence electrons. The summed E-state index contributed by atoms with van der Waals surface area (Å²) in [5.74, 6) is -1.93. The van der Waals surface area contributed by atoms with Gasteiger partial charge in [0.05, 0.1) is 18.3 Å². The Balaban J connectivity index is 3.75. The predicted molar refractivity (Wildman–Crippen MR) is 59.1 cm³/mol. The molecule has 0 heterocycles. The van der Waals surface area contributed by atoms with Crippen LogP contribution in [0.5, 0.6) is 0 Å². The molecule has 1 atom stereocenters. The lowest BCUT2D eigenvalue weighted by Gasteiger charge is -2.09. The number of hydrogen-bond acceptors (Lipinski definition) is 6. The zero-order valence-electron chi connectivity index (χ0n) is 9.13. The third-order valence-electron chi connectivity index (χ3n) is 1.92. The molecule has 8 nitrogen and oxygen atoms in total. The van der Waals surface area contributed by atoms with Crippen LogP contribution in [0, 0.1) is 0 Å². The summed E-state index contributed by atoms with van der Waals surface area (Å²) in [7, 11) is -4.05. The Labute approximate surface area is 98.9 Å². The lowest BCUT2D eigenvalue weighted by atomic mass is 10.1. The Kier molecular flexibility index (Phi) is 6.88. The van der Waals surface area contributed by atoms with Gasteiger partial charge < -0.3 is 16.2 Å². The van der Waals surface area contributed by atoms with Crippen LogP contribution in [-0.4, -0.2) is 54.7 Å². The summed E-state index contributed by atoms with van der Waals surface area (Å²) in [5.41, 5.74) is 5.41. The van der Waals surface area contributed by atoms with E-state index >= 15 is 0 Å². The third kappa shape index (κ3) is 9.87. The van der Waals surface area contributed by atoms with E-state index in [1.54, 1.807) is 0 Å². The Morgan fingerprint density at radius 1 is 1.35 bits per heavy atom. The summed E-state index contributed by atoms with van der Waals surface area (Å²) < 4.78 is 29.1. The minimum absolute atomic E-state index is 0.0359. The summed E-state index contributed by atoms with van der Waals surface area (Å²) in [5, 5.41) is 10.9. The highest BCUT2D eigenvalue weighted by atomic mass is 32.2. The van der Waals surface area contributed by atoms with Crippen molar-refractivity contribution in [1.29, 1.82) is 0 Å². The van der Waals surface area contributed by atoms with Crippen molar-refractivity contribution >= 4 is 21.9 Å². The fourth-order valence-electron chi connectivity index (χ4n) is 0.984. The van der Waals surface area contributed by atoms with Crippen molar-refractivity contribution in [2.45, 2.75) is 18.9 Å². The van der Waals surface area contributed by atoms with E-state index in [2.05, 4.69) is 5.32 Å². The van der Waals surface area contributed by atoms with E-state index in [1.165, 1.54) is 0 Å². The van der Waals surface area contributed by atoms with Crippen molar-refractivity contribution in [2.75, 3.05) is 18.8 Å². The zero-order chi connectivity index (χ0) is 13.5. The predicted octanol–water partition coefficient (Wildman–Crippen LogP) is -1.77. The fourth-order valence-corrected chi connectivity index (χ4v) is 1.39. The highest BCUT2D eigenvalue weighted by Gasteiger charge is 2.14. The molecule has 0 spiro atoms. The monoisotopic (exact) mass is 268 g/mol. The Morgan fingerprint density at radius 3 is 2.41 bits per heavy atom. The normalized spacial score (nSPS) is 13.3. The maximum atomic E-state index is 11.3. The van der Waals surface area contributed by atoms with E-state index in [1.807, 2.05) is 0 Å². The molecular weight excluding hydrogens is 252 g/mol. The Morgan fingerprint density at radius 2 is 1.94 bits per heavy atom. The average molecular weight is 268 g/mol. The molecular formula is C8H16N2O6S. The lowest BCUT2D eigenvalue weighted by molar-refractivity contribution is -0.137. The first kappa shape index (κ1) is 16.0. The number of hydrogen-bond donors (Lipinski definition) is 4. The van der Waals surface area contributed by atoms with Gasteiger partial charge in [-0.25, -0.2) is 0 Å². The van der Waals surface area contributed by atoms with Gasteiger partial charge in [0.2, 0.25) is 0 Å². The number of carbonyl (C=O) groups excluding carboxylic acids is 1. The van der Waals surface area contributed by atoms with Crippen LogP contribution in [-0.2, 0) is 19.7 Å². The number of rotatable bonds is 9. The molecule has 0 fully saturated rings. The first-order valence-corrected chi connectivity index (χ1v) is 6.49. The van der Waals surface area contributed by atoms with Gasteiger partial charge in [0.15, 0.2) is 5.78 Å². The number of Topliss-reactive ketones (excluding diaryl/α,β-unsaturated/α-hetero) is 1. The summed E-state index contributed by atoms with van der Waals surface area (Å²) >= 11 is 0. The van der Waals surface area contributed by atoms with E-state index < -0.39 is 33.7 Å². The van der Waals surface area contributed by atoms with Crippen LogP contribution in [0.4, 0.5) is 0 Å². The molecule has 0 aliphatic rings. The first-order valence-electron chi connectivity index (χ1n) is 4.88. The molecule has 0 radical (unpaired) electrons. The number of aliphatic carboxylic acids is 1. The zero-order valence-corrected chi connectivity index (χ0v) is 9.94. The number of carbonyl (C=O) groups is 2. The summed E-state index contributed by atoms with van der Waals surface area (Å²) in [6, 6.07) is -0.885. The molecule has 0 saturated heterocycles. The number of ketones is 1. The summed E-state index contributed by atoms with van der Waals surface area (Å²) in [6.07, 6.45) is -0.161. The number of nitrogens with one attached hydrogen (secondary N) is 1. The van der Waals surface area contributed by atoms with Gasteiger partial charge in [-0.15, -0.1) is 0 Å². The van der Waals surface area contributed by atoms with Crippen LogP contribution >= 0.6 is 0 Å². The van der Waals surface area contributed by atoms with Crippen LogP contribution in [0.15, 0.2) is 0 Å². The molecule has 17 heavy (non-hydrogen) atoms. The maximum Gasteiger partial charge on any atom is 0.303 e. The molecule has 0 unspecified atom stereocenters. The van der Waals surface area contributed by atoms with Gasteiger partial charge >= 0.3 is 5.97 Å². The Hall–Kier alpha value is -1.03. The molecule has 0 bridgehead atoms. The van der Waals surface area contributed by atoms with Crippen LogP contribution in [0.25, 0.3) is 0 Å². The van der Waals surface area contributed by atoms with E-state index in [0.29, 0.717) is 0 Å². The minimum Gasteiger partial charge on any atom is -0.481 e. The standard InChI is InChI=1S/C8H16N2O6S/c9-6(1-2-8(12)13)7(11)5-10-3-4-17(14,15)16/h6,10H,1-5,9H2,(H,12,13)(H,14,15,16)/t6-/m1/s1. The van der Waals surface area contributed by atoms with E-state index in [-0.39, 0.29) is 25.9 Å². The molecule has 0 rings (SSSR count). The van der Waals surface area contributed by atoms with Crippen molar-refractivity contribution in [3.05, 3.63) is 0 Å². The lowest BCUT2D eigenvalue weighted by Crippen LogP contribution is -2.39. The van der Waals surface area contributed by atoms with Gasteiger partial charge in [0, 0.05) is 13.0 Å². The van der Waals surface area contributed by atoms with E-state index in [9.17, 15) is 18.0 Å². The van der Waals surface area contributed by atoms with Crippen LogP contribution in [0.1, 0.15) is 12.8 Å². The smallest absolute Gasteiger partial charge is 0.303 e. The topological polar surface area (TPSA) is 147 Å². The number of carboxylic acid groups (broad SMARTS) is 1. The van der Waals surface area contributed by atoms with E-state index in [4.69, 9.17) is 15.4 Å². The molecule has 5 N–H and O–H groups in total. The SMILES string of the molecule is N[C@H](CCC(=O)O)C(=O)CNCCS(=O)(=O)O. The van der Waals surface area contributed by atoms with Gasteiger partial charge in [0.25, 0.3) is 10.1 Å². The maximum absolute atomic E-state index is 11.3. The van der Waals surface area contributed by atoms with Crippen molar-refractivity contribution in [3.63, 3.8) is 0 Å². The van der Waals surface area contributed by atoms with Crippen molar-refractivity contribution in [1.82, 2.24) is 5.32 Å². The first-order chi connectivity index (χ1) is 7.72. The molecule has 0 amide bonds. The fraction of sp³-hybridized carbons (Fsp3) is 0.750. The van der Waals surface area contributed by atoms with Crippen molar-refractivity contribution < 1.29 is 27.7 Å². The summed E-state index contributed by atoms with van der Waals surface area (Å²) in [6.45, 7) is -0.230. The van der Waals surface area contributed by atoms with Crippen LogP contribution < -0.4 is 11.1 Å².